The fourth-order valence-corrected chi connectivity index (χ4v) is 3.96. The zero-order valence-electron chi connectivity index (χ0n) is 13.4. The van der Waals surface area contributed by atoms with Gasteiger partial charge in [-0.1, -0.05) is 36.8 Å². The van der Waals surface area contributed by atoms with Gasteiger partial charge in [-0.25, -0.2) is 0 Å². The van der Waals surface area contributed by atoms with Gasteiger partial charge in [0.25, 0.3) is 0 Å². The second-order valence-electron chi connectivity index (χ2n) is 6.95. The molecule has 2 fully saturated rings. The lowest BCUT2D eigenvalue weighted by molar-refractivity contribution is -0.122. The minimum Gasteiger partial charge on any atom is -0.353 e. The second-order valence-corrected chi connectivity index (χ2v) is 6.95. The van der Waals surface area contributed by atoms with Crippen LogP contribution in [0.4, 0.5) is 0 Å². The van der Waals surface area contributed by atoms with Crippen LogP contribution < -0.4 is 10.6 Å². The first-order valence-electron chi connectivity index (χ1n) is 8.85. The SMILES string of the molecule is O=C(CCC1CCNC1)NC1CCCC1Cc1ccccc1. The van der Waals surface area contributed by atoms with E-state index in [1.807, 2.05) is 0 Å². The van der Waals surface area contributed by atoms with Gasteiger partial charge in [0.05, 0.1) is 0 Å². The topological polar surface area (TPSA) is 41.1 Å². The third kappa shape index (κ3) is 4.33. The molecule has 2 N–H and O–H groups in total. The molecular formula is C19H28N2O. The van der Waals surface area contributed by atoms with Crippen LogP contribution in [0.5, 0.6) is 0 Å². The molecule has 120 valence electrons. The molecule has 2 aliphatic rings. The summed E-state index contributed by atoms with van der Waals surface area (Å²) in [5.41, 5.74) is 1.39. The zero-order valence-corrected chi connectivity index (χ0v) is 13.4. The van der Waals surface area contributed by atoms with Gasteiger partial charge in [-0.2, -0.15) is 0 Å². The first-order chi connectivity index (χ1) is 10.8. The van der Waals surface area contributed by atoms with Crippen LogP contribution in [0.25, 0.3) is 0 Å². The van der Waals surface area contributed by atoms with Gasteiger partial charge >= 0.3 is 0 Å². The first-order valence-corrected chi connectivity index (χ1v) is 8.85. The van der Waals surface area contributed by atoms with E-state index in [-0.39, 0.29) is 5.91 Å². The highest BCUT2D eigenvalue weighted by Crippen LogP contribution is 2.29. The molecule has 1 aromatic carbocycles. The van der Waals surface area contributed by atoms with Crippen LogP contribution in [0.15, 0.2) is 30.3 Å². The van der Waals surface area contributed by atoms with Crippen molar-refractivity contribution in [3.05, 3.63) is 35.9 Å². The monoisotopic (exact) mass is 300 g/mol. The van der Waals surface area contributed by atoms with Crippen LogP contribution in [-0.4, -0.2) is 25.0 Å². The molecule has 1 saturated heterocycles. The van der Waals surface area contributed by atoms with E-state index in [4.69, 9.17) is 0 Å². The molecule has 3 rings (SSSR count). The lowest BCUT2D eigenvalue weighted by atomic mass is 9.94. The summed E-state index contributed by atoms with van der Waals surface area (Å²) in [5, 5.41) is 6.69. The lowest BCUT2D eigenvalue weighted by Gasteiger charge is -2.21. The predicted octanol–water partition coefficient (Wildman–Crippen LogP) is 2.90. The fourth-order valence-electron chi connectivity index (χ4n) is 3.96. The van der Waals surface area contributed by atoms with Crippen molar-refractivity contribution in [2.24, 2.45) is 11.8 Å². The van der Waals surface area contributed by atoms with Crippen LogP contribution in [-0.2, 0) is 11.2 Å². The highest BCUT2D eigenvalue weighted by atomic mass is 16.1. The number of rotatable bonds is 6. The maximum atomic E-state index is 12.2. The molecule has 0 bridgehead atoms. The average molecular weight is 300 g/mol. The molecule has 0 radical (unpaired) electrons. The van der Waals surface area contributed by atoms with E-state index < -0.39 is 0 Å². The predicted molar refractivity (Wildman–Crippen MR) is 89.6 cm³/mol. The number of hydrogen-bond acceptors (Lipinski definition) is 2. The number of carbonyl (C=O) groups excluding carboxylic acids is 1. The van der Waals surface area contributed by atoms with Crippen LogP contribution in [0, 0.1) is 11.8 Å². The number of benzene rings is 1. The van der Waals surface area contributed by atoms with E-state index in [0.29, 0.717) is 24.3 Å². The second kappa shape index (κ2) is 7.77. The minimum absolute atomic E-state index is 0.261. The molecule has 3 nitrogen and oxygen atoms in total. The van der Waals surface area contributed by atoms with Gasteiger partial charge in [0, 0.05) is 12.5 Å². The summed E-state index contributed by atoms with van der Waals surface area (Å²) in [7, 11) is 0. The summed E-state index contributed by atoms with van der Waals surface area (Å²) in [5.74, 6) is 1.57. The van der Waals surface area contributed by atoms with Gasteiger partial charge in [0.15, 0.2) is 0 Å². The Hall–Kier alpha value is -1.35. The Balaban J connectivity index is 1.45. The van der Waals surface area contributed by atoms with Crippen molar-refractivity contribution in [1.82, 2.24) is 10.6 Å². The quantitative estimate of drug-likeness (QED) is 0.848. The standard InChI is InChI=1S/C19H28N2O/c22-19(10-9-16-11-12-20-14-16)21-18-8-4-7-17(18)13-15-5-2-1-3-6-15/h1-3,5-6,16-18,20H,4,7-14H2,(H,21,22). The molecule has 1 aliphatic heterocycles. The molecule has 22 heavy (non-hydrogen) atoms. The van der Waals surface area contributed by atoms with Gasteiger partial charge in [-0.3, -0.25) is 4.79 Å². The van der Waals surface area contributed by atoms with Gasteiger partial charge in [0.1, 0.15) is 0 Å². The van der Waals surface area contributed by atoms with Crippen LogP contribution in [0.3, 0.4) is 0 Å². The Labute approximate surface area is 133 Å². The van der Waals surface area contributed by atoms with Gasteiger partial charge in [0.2, 0.25) is 5.91 Å². The van der Waals surface area contributed by atoms with Gasteiger partial charge in [-0.15, -0.1) is 0 Å². The summed E-state index contributed by atoms with van der Waals surface area (Å²) in [6.07, 6.45) is 7.69. The Morgan fingerprint density at radius 2 is 2.05 bits per heavy atom. The highest BCUT2D eigenvalue weighted by molar-refractivity contribution is 5.76. The van der Waals surface area contributed by atoms with Crippen molar-refractivity contribution in [1.29, 1.82) is 0 Å². The zero-order chi connectivity index (χ0) is 15.2. The molecule has 1 heterocycles. The normalized spacial score (nSPS) is 27.9. The van der Waals surface area contributed by atoms with Crippen LogP contribution >= 0.6 is 0 Å². The lowest BCUT2D eigenvalue weighted by Crippen LogP contribution is -2.38. The van der Waals surface area contributed by atoms with Crippen molar-refractivity contribution in [2.45, 2.75) is 51.0 Å². The number of nitrogens with one attached hydrogen (secondary N) is 2. The van der Waals surface area contributed by atoms with E-state index in [1.165, 1.54) is 24.8 Å². The summed E-state index contributed by atoms with van der Waals surface area (Å²) in [6.45, 7) is 2.21. The van der Waals surface area contributed by atoms with Gasteiger partial charge in [-0.05, 0) is 62.6 Å². The number of amides is 1. The summed E-state index contributed by atoms with van der Waals surface area (Å²) >= 11 is 0. The van der Waals surface area contributed by atoms with Crippen molar-refractivity contribution in [3.8, 4) is 0 Å². The molecule has 0 aromatic heterocycles. The van der Waals surface area contributed by atoms with Crippen molar-refractivity contribution in [3.63, 3.8) is 0 Å². The van der Waals surface area contributed by atoms with Crippen molar-refractivity contribution >= 4 is 5.91 Å². The Bertz CT molecular complexity index is 468. The van der Waals surface area contributed by atoms with Gasteiger partial charge < -0.3 is 10.6 Å². The van der Waals surface area contributed by atoms with E-state index in [1.54, 1.807) is 0 Å². The fraction of sp³-hybridized carbons (Fsp3) is 0.632. The van der Waals surface area contributed by atoms with E-state index in [0.717, 1.165) is 32.4 Å². The summed E-state index contributed by atoms with van der Waals surface area (Å²) < 4.78 is 0. The van der Waals surface area contributed by atoms with E-state index >= 15 is 0 Å². The largest absolute Gasteiger partial charge is 0.353 e. The molecule has 3 atom stereocenters. The Kier molecular flexibility index (Phi) is 5.49. The minimum atomic E-state index is 0.261. The third-order valence-corrected chi connectivity index (χ3v) is 5.29. The Morgan fingerprint density at radius 3 is 2.82 bits per heavy atom. The van der Waals surface area contributed by atoms with E-state index in [9.17, 15) is 4.79 Å². The molecule has 1 saturated carbocycles. The number of carbonyl (C=O) groups is 1. The molecule has 3 unspecified atom stereocenters. The smallest absolute Gasteiger partial charge is 0.220 e. The van der Waals surface area contributed by atoms with Crippen LogP contribution in [0.2, 0.25) is 0 Å². The summed E-state index contributed by atoms with van der Waals surface area (Å²) in [6, 6.07) is 11.1. The maximum Gasteiger partial charge on any atom is 0.220 e. The first kappa shape index (κ1) is 15.5. The third-order valence-electron chi connectivity index (χ3n) is 5.29. The Morgan fingerprint density at radius 1 is 1.18 bits per heavy atom. The number of hydrogen-bond donors (Lipinski definition) is 2. The molecule has 1 aliphatic carbocycles. The molecule has 0 spiro atoms. The van der Waals surface area contributed by atoms with Crippen molar-refractivity contribution < 1.29 is 4.79 Å². The van der Waals surface area contributed by atoms with Crippen molar-refractivity contribution in [2.75, 3.05) is 13.1 Å². The average Bonchev–Trinajstić information content (AvgIpc) is 3.19. The molecule has 1 amide bonds. The molecular weight excluding hydrogens is 272 g/mol. The summed E-state index contributed by atoms with van der Waals surface area (Å²) in [4.78, 5) is 12.2. The highest BCUT2D eigenvalue weighted by Gasteiger charge is 2.28. The van der Waals surface area contributed by atoms with Crippen LogP contribution in [0.1, 0.15) is 44.1 Å². The molecule has 3 heteroatoms. The van der Waals surface area contributed by atoms with E-state index in [2.05, 4.69) is 41.0 Å². The maximum absolute atomic E-state index is 12.2. The molecule has 1 aromatic rings.